The number of nitrogens with one attached hydrogen (secondary N) is 2. The molecule has 0 saturated heterocycles. The van der Waals surface area contributed by atoms with Crippen molar-refractivity contribution in [2.75, 3.05) is 11.9 Å². The van der Waals surface area contributed by atoms with E-state index < -0.39 is 0 Å². The number of anilines is 1. The molecule has 2 aromatic carbocycles. The minimum absolute atomic E-state index is 0.0289. The fourth-order valence-corrected chi connectivity index (χ4v) is 2.74. The molecule has 0 aliphatic carbocycles. The minimum Gasteiger partial charge on any atom is -0.374 e. The molecular weight excluding hydrogens is 296 g/mol. The Hall–Kier alpha value is -2.29. The SMILES string of the molecule is CCCc1ccc(NC(C)C(=O)NCCc2ccccc2C)cc1. The van der Waals surface area contributed by atoms with Crippen LogP contribution in [0.15, 0.2) is 48.5 Å². The van der Waals surface area contributed by atoms with Crippen molar-refractivity contribution in [3.63, 3.8) is 0 Å². The molecule has 3 heteroatoms. The summed E-state index contributed by atoms with van der Waals surface area (Å²) in [4.78, 5) is 12.2. The van der Waals surface area contributed by atoms with Gasteiger partial charge in [-0.2, -0.15) is 0 Å². The van der Waals surface area contributed by atoms with Gasteiger partial charge in [-0.25, -0.2) is 0 Å². The fourth-order valence-electron chi connectivity index (χ4n) is 2.74. The second kappa shape index (κ2) is 9.11. The average Bonchev–Trinajstić information content (AvgIpc) is 2.58. The molecule has 1 atom stereocenters. The molecule has 2 rings (SSSR count). The lowest BCUT2D eigenvalue weighted by atomic mass is 10.1. The third kappa shape index (κ3) is 5.41. The van der Waals surface area contributed by atoms with Gasteiger partial charge in [0.25, 0.3) is 0 Å². The second-order valence-corrected chi connectivity index (χ2v) is 6.28. The fraction of sp³-hybridized carbons (Fsp3) is 0.381. The highest BCUT2D eigenvalue weighted by Gasteiger charge is 2.12. The molecule has 128 valence electrons. The number of benzene rings is 2. The van der Waals surface area contributed by atoms with E-state index in [9.17, 15) is 4.79 Å². The maximum absolute atomic E-state index is 12.2. The zero-order valence-electron chi connectivity index (χ0n) is 14.9. The van der Waals surface area contributed by atoms with Crippen molar-refractivity contribution >= 4 is 11.6 Å². The molecule has 2 aromatic rings. The molecule has 0 saturated carbocycles. The van der Waals surface area contributed by atoms with Crippen LogP contribution in [0.25, 0.3) is 0 Å². The summed E-state index contributed by atoms with van der Waals surface area (Å²) in [6, 6.07) is 16.4. The van der Waals surface area contributed by atoms with E-state index in [0.717, 1.165) is 24.9 Å². The summed E-state index contributed by atoms with van der Waals surface area (Å²) in [6.07, 6.45) is 3.10. The van der Waals surface area contributed by atoms with Crippen LogP contribution in [0.3, 0.4) is 0 Å². The first-order valence-electron chi connectivity index (χ1n) is 8.78. The number of hydrogen-bond donors (Lipinski definition) is 2. The Morgan fingerprint density at radius 3 is 2.42 bits per heavy atom. The van der Waals surface area contributed by atoms with E-state index in [1.54, 1.807) is 0 Å². The molecule has 0 radical (unpaired) electrons. The Labute approximate surface area is 145 Å². The molecule has 24 heavy (non-hydrogen) atoms. The predicted molar refractivity (Wildman–Crippen MR) is 101 cm³/mol. The van der Waals surface area contributed by atoms with Gasteiger partial charge in [0.05, 0.1) is 0 Å². The van der Waals surface area contributed by atoms with Crippen LogP contribution < -0.4 is 10.6 Å². The van der Waals surface area contributed by atoms with Crippen LogP contribution in [0, 0.1) is 6.92 Å². The van der Waals surface area contributed by atoms with E-state index in [1.807, 2.05) is 31.2 Å². The number of rotatable bonds is 8. The van der Waals surface area contributed by atoms with E-state index in [-0.39, 0.29) is 11.9 Å². The van der Waals surface area contributed by atoms with Gasteiger partial charge in [-0.05, 0) is 55.5 Å². The zero-order valence-corrected chi connectivity index (χ0v) is 14.9. The summed E-state index contributed by atoms with van der Waals surface area (Å²) in [5.74, 6) is 0.0289. The van der Waals surface area contributed by atoms with Gasteiger partial charge in [-0.1, -0.05) is 49.7 Å². The van der Waals surface area contributed by atoms with Crippen LogP contribution in [0.4, 0.5) is 5.69 Å². The van der Waals surface area contributed by atoms with E-state index in [0.29, 0.717) is 6.54 Å². The number of amides is 1. The average molecular weight is 324 g/mol. The van der Waals surface area contributed by atoms with Crippen LogP contribution in [0.5, 0.6) is 0 Å². The maximum Gasteiger partial charge on any atom is 0.242 e. The van der Waals surface area contributed by atoms with Crippen LogP contribution in [0.1, 0.15) is 37.0 Å². The summed E-state index contributed by atoms with van der Waals surface area (Å²) in [5, 5.41) is 6.27. The lowest BCUT2D eigenvalue weighted by molar-refractivity contribution is -0.121. The van der Waals surface area contributed by atoms with Gasteiger partial charge in [0, 0.05) is 12.2 Å². The standard InChI is InChI=1S/C21H28N2O/c1-4-7-18-10-12-20(13-11-18)23-17(3)21(24)22-15-14-19-9-6-5-8-16(19)2/h5-6,8-13,17,23H,4,7,14-15H2,1-3H3,(H,22,24). The van der Waals surface area contributed by atoms with Gasteiger partial charge in [-0.3, -0.25) is 4.79 Å². The zero-order chi connectivity index (χ0) is 17.4. The van der Waals surface area contributed by atoms with Gasteiger partial charge in [0.2, 0.25) is 5.91 Å². The van der Waals surface area contributed by atoms with Gasteiger partial charge >= 0.3 is 0 Å². The first kappa shape index (κ1) is 18.1. The molecule has 2 N–H and O–H groups in total. The van der Waals surface area contributed by atoms with Crippen LogP contribution in [-0.4, -0.2) is 18.5 Å². The molecule has 0 aliphatic rings. The normalized spacial score (nSPS) is 11.8. The Kier molecular flexibility index (Phi) is 6.86. The number of carbonyl (C=O) groups is 1. The molecule has 1 amide bonds. The number of aryl methyl sites for hydroxylation is 2. The highest BCUT2D eigenvalue weighted by Crippen LogP contribution is 2.12. The summed E-state index contributed by atoms with van der Waals surface area (Å²) < 4.78 is 0. The van der Waals surface area contributed by atoms with Crippen molar-refractivity contribution in [1.29, 1.82) is 0 Å². The summed E-state index contributed by atoms with van der Waals surface area (Å²) in [5.41, 5.74) is 4.87. The largest absolute Gasteiger partial charge is 0.374 e. The van der Waals surface area contributed by atoms with Crippen LogP contribution in [0.2, 0.25) is 0 Å². The first-order chi connectivity index (χ1) is 11.6. The van der Waals surface area contributed by atoms with Crippen LogP contribution >= 0.6 is 0 Å². The monoisotopic (exact) mass is 324 g/mol. The third-order valence-corrected chi connectivity index (χ3v) is 4.22. The smallest absolute Gasteiger partial charge is 0.242 e. The minimum atomic E-state index is -0.251. The molecule has 0 spiro atoms. The molecule has 0 bridgehead atoms. The van der Waals surface area contributed by atoms with E-state index in [1.165, 1.54) is 16.7 Å². The molecule has 0 aliphatic heterocycles. The second-order valence-electron chi connectivity index (χ2n) is 6.28. The quantitative estimate of drug-likeness (QED) is 0.767. The topological polar surface area (TPSA) is 41.1 Å². The summed E-state index contributed by atoms with van der Waals surface area (Å²) >= 11 is 0. The van der Waals surface area contributed by atoms with Crippen molar-refractivity contribution in [1.82, 2.24) is 5.32 Å². The van der Waals surface area contributed by atoms with Crippen molar-refractivity contribution in [3.05, 3.63) is 65.2 Å². The molecule has 0 fully saturated rings. The van der Waals surface area contributed by atoms with Gasteiger partial charge in [0.1, 0.15) is 6.04 Å². The number of carbonyl (C=O) groups excluding carboxylic acids is 1. The highest BCUT2D eigenvalue weighted by atomic mass is 16.2. The van der Waals surface area contributed by atoms with Crippen molar-refractivity contribution in [2.45, 2.75) is 46.1 Å². The highest BCUT2D eigenvalue weighted by molar-refractivity contribution is 5.84. The lowest BCUT2D eigenvalue weighted by Crippen LogP contribution is -2.38. The van der Waals surface area contributed by atoms with E-state index in [4.69, 9.17) is 0 Å². The molecule has 1 unspecified atom stereocenters. The van der Waals surface area contributed by atoms with Gasteiger partial charge < -0.3 is 10.6 Å². The van der Waals surface area contributed by atoms with E-state index in [2.05, 4.69) is 48.7 Å². The van der Waals surface area contributed by atoms with Crippen molar-refractivity contribution in [3.8, 4) is 0 Å². The summed E-state index contributed by atoms with van der Waals surface area (Å²) in [7, 11) is 0. The Balaban J connectivity index is 1.78. The molecule has 0 heterocycles. The van der Waals surface area contributed by atoms with Gasteiger partial charge in [-0.15, -0.1) is 0 Å². The Bertz CT molecular complexity index is 649. The molecular formula is C21H28N2O. The van der Waals surface area contributed by atoms with Crippen molar-refractivity contribution < 1.29 is 4.79 Å². The van der Waals surface area contributed by atoms with Crippen LogP contribution in [-0.2, 0) is 17.6 Å². The molecule has 3 nitrogen and oxygen atoms in total. The van der Waals surface area contributed by atoms with Gasteiger partial charge in [0.15, 0.2) is 0 Å². The third-order valence-electron chi connectivity index (χ3n) is 4.22. The first-order valence-corrected chi connectivity index (χ1v) is 8.78. The molecule has 0 aromatic heterocycles. The Morgan fingerprint density at radius 2 is 1.75 bits per heavy atom. The number of hydrogen-bond acceptors (Lipinski definition) is 2. The maximum atomic E-state index is 12.2. The Morgan fingerprint density at radius 1 is 1.04 bits per heavy atom. The summed E-state index contributed by atoms with van der Waals surface area (Å²) in [6.45, 7) is 6.83. The van der Waals surface area contributed by atoms with E-state index >= 15 is 0 Å². The lowest BCUT2D eigenvalue weighted by Gasteiger charge is -2.16. The van der Waals surface area contributed by atoms with Crippen molar-refractivity contribution in [2.24, 2.45) is 0 Å². The predicted octanol–water partition coefficient (Wildman–Crippen LogP) is 4.11.